The number of anilines is 1. The van der Waals surface area contributed by atoms with Crippen LogP contribution in [0.1, 0.15) is 18.9 Å². The fraction of sp³-hybridized carbons (Fsp3) is 0.400. The Morgan fingerprint density at radius 3 is 2.96 bits per heavy atom. The maximum atomic E-state index is 12.7. The molecule has 0 bridgehead atoms. The highest BCUT2D eigenvalue weighted by Crippen LogP contribution is 2.23. The summed E-state index contributed by atoms with van der Waals surface area (Å²) in [5, 5.41) is 21.0. The summed E-state index contributed by atoms with van der Waals surface area (Å²) in [6.45, 7) is 1.07. The number of benzene rings is 1. The van der Waals surface area contributed by atoms with Gasteiger partial charge < -0.3 is 21.5 Å². The molecule has 3 rings (SSSR count). The minimum Gasteiger partial charge on any atom is -0.383 e. The number of hydrogen-bond donors (Lipinski definition) is 4. The zero-order valence-electron chi connectivity index (χ0n) is 12.5. The normalized spacial score (nSPS) is 21.2. The lowest BCUT2D eigenvalue weighted by Gasteiger charge is -2.28. The van der Waals surface area contributed by atoms with Crippen molar-refractivity contribution >= 4 is 22.4 Å². The number of aromatic nitrogens is 2. The third-order valence-corrected chi connectivity index (χ3v) is 3.97. The number of amides is 1. The molecule has 2 aromatic rings. The van der Waals surface area contributed by atoms with Gasteiger partial charge in [-0.2, -0.15) is 5.10 Å². The van der Waals surface area contributed by atoms with Crippen molar-refractivity contribution in [2.24, 2.45) is 5.73 Å². The van der Waals surface area contributed by atoms with E-state index in [1.54, 1.807) is 18.3 Å². The number of carbonyl (C=O) groups excluding carboxylic acids is 1. The second kappa shape index (κ2) is 6.35. The van der Waals surface area contributed by atoms with Gasteiger partial charge in [-0.3, -0.25) is 9.59 Å². The van der Waals surface area contributed by atoms with Crippen molar-refractivity contribution in [3.8, 4) is 0 Å². The maximum absolute atomic E-state index is 12.7. The van der Waals surface area contributed by atoms with E-state index in [1.807, 2.05) is 6.07 Å². The SMILES string of the molecule is NCCNc1cccc2c(=O)n(C3CCC(=O)NC3O)ncc12. The van der Waals surface area contributed by atoms with Crippen LogP contribution < -0.4 is 21.9 Å². The summed E-state index contributed by atoms with van der Waals surface area (Å²) in [6, 6.07) is 4.80. The molecule has 8 heteroatoms. The first-order chi connectivity index (χ1) is 11.1. The van der Waals surface area contributed by atoms with E-state index in [0.717, 1.165) is 5.69 Å². The molecule has 1 aromatic heterocycles. The smallest absolute Gasteiger partial charge is 0.275 e. The Hall–Kier alpha value is -2.45. The van der Waals surface area contributed by atoms with E-state index in [1.165, 1.54) is 4.68 Å². The van der Waals surface area contributed by atoms with Crippen molar-refractivity contribution in [1.29, 1.82) is 0 Å². The zero-order chi connectivity index (χ0) is 16.4. The van der Waals surface area contributed by atoms with Crippen LogP contribution in [0.15, 0.2) is 29.2 Å². The van der Waals surface area contributed by atoms with Crippen LogP contribution in [-0.4, -0.2) is 40.1 Å². The Morgan fingerprint density at radius 1 is 1.39 bits per heavy atom. The summed E-state index contributed by atoms with van der Waals surface area (Å²) in [5.41, 5.74) is 5.99. The van der Waals surface area contributed by atoms with Gasteiger partial charge in [0.1, 0.15) is 12.3 Å². The monoisotopic (exact) mass is 317 g/mol. The number of nitrogens with zero attached hydrogens (tertiary/aromatic N) is 2. The van der Waals surface area contributed by atoms with Crippen molar-refractivity contribution in [3.63, 3.8) is 0 Å². The van der Waals surface area contributed by atoms with Crippen LogP contribution in [0, 0.1) is 0 Å². The first-order valence-corrected chi connectivity index (χ1v) is 7.53. The molecule has 2 unspecified atom stereocenters. The van der Waals surface area contributed by atoms with Gasteiger partial charge in [-0.25, -0.2) is 4.68 Å². The van der Waals surface area contributed by atoms with Gasteiger partial charge in [0.25, 0.3) is 5.56 Å². The summed E-state index contributed by atoms with van der Waals surface area (Å²) in [4.78, 5) is 24.0. The average Bonchev–Trinajstić information content (AvgIpc) is 2.54. The molecule has 1 aromatic carbocycles. The molecule has 2 atom stereocenters. The molecule has 23 heavy (non-hydrogen) atoms. The van der Waals surface area contributed by atoms with Crippen LogP contribution in [0.2, 0.25) is 0 Å². The predicted molar refractivity (Wildman–Crippen MR) is 86.0 cm³/mol. The number of aliphatic hydroxyl groups is 1. The quantitative estimate of drug-likeness (QED) is 0.605. The fourth-order valence-corrected chi connectivity index (χ4v) is 2.81. The lowest BCUT2D eigenvalue weighted by atomic mass is 10.0. The third-order valence-electron chi connectivity index (χ3n) is 3.97. The molecule has 1 amide bonds. The Bertz CT molecular complexity index is 788. The van der Waals surface area contributed by atoms with E-state index in [-0.39, 0.29) is 17.9 Å². The van der Waals surface area contributed by atoms with Gasteiger partial charge in [-0.15, -0.1) is 0 Å². The predicted octanol–water partition coefficient (Wildman–Crippen LogP) is -0.463. The molecule has 8 nitrogen and oxygen atoms in total. The van der Waals surface area contributed by atoms with Crippen LogP contribution in [0.5, 0.6) is 0 Å². The Balaban J connectivity index is 2.02. The summed E-state index contributed by atoms with van der Waals surface area (Å²) in [6.07, 6.45) is 1.11. The number of nitrogens with two attached hydrogens (primary N) is 1. The van der Waals surface area contributed by atoms with Crippen molar-refractivity contribution in [3.05, 3.63) is 34.7 Å². The number of nitrogens with one attached hydrogen (secondary N) is 2. The van der Waals surface area contributed by atoms with Gasteiger partial charge >= 0.3 is 0 Å². The largest absolute Gasteiger partial charge is 0.383 e. The van der Waals surface area contributed by atoms with E-state index >= 15 is 0 Å². The van der Waals surface area contributed by atoms with Crippen LogP contribution >= 0.6 is 0 Å². The second-order valence-corrected chi connectivity index (χ2v) is 5.49. The lowest BCUT2D eigenvalue weighted by molar-refractivity contribution is -0.128. The van der Waals surface area contributed by atoms with Crippen molar-refractivity contribution in [1.82, 2.24) is 15.1 Å². The van der Waals surface area contributed by atoms with Gasteiger partial charge in [0.15, 0.2) is 0 Å². The van der Waals surface area contributed by atoms with Crippen LogP contribution in [-0.2, 0) is 4.79 Å². The van der Waals surface area contributed by atoms with Gasteiger partial charge in [0.05, 0.1) is 11.6 Å². The Labute approximate surface area is 132 Å². The summed E-state index contributed by atoms with van der Waals surface area (Å²) in [7, 11) is 0. The molecule has 1 fully saturated rings. The van der Waals surface area contributed by atoms with Gasteiger partial charge in [0, 0.05) is 30.6 Å². The molecule has 1 aliphatic heterocycles. The molecule has 0 aliphatic carbocycles. The highest BCUT2D eigenvalue weighted by molar-refractivity contribution is 5.92. The van der Waals surface area contributed by atoms with Crippen LogP contribution in [0.4, 0.5) is 5.69 Å². The van der Waals surface area contributed by atoms with Crippen molar-refractivity contribution in [2.75, 3.05) is 18.4 Å². The minimum atomic E-state index is -1.11. The first kappa shape index (κ1) is 15.4. The highest BCUT2D eigenvalue weighted by Gasteiger charge is 2.30. The number of hydrogen-bond acceptors (Lipinski definition) is 6. The van der Waals surface area contributed by atoms with E-state index < -0.39 is 12.3 Å². The number of fused-ring (bicyclic) bond motifs is 1. The maximum Gasteiger partial charge on any atom is 0.275 e. The van der Waals surface area contributed by atoms with Gasteiger partial charge in [0.2, 0.25) is 5.91 Å². The summed E-state index contributed by atoms with van der Waals surface area (Å²) in [5.74, 6) is -0.226. The fourth-order valence-electron chi connectivity index (χ4n) is 2.81. The Kier molecular flexibility index (Phi) is 4.26. The summed E-state index contributed by atoms with van der Waals surface area (Å²) >= 11 is 0. The van der Waals surface area contributed by atoms with E-state index in [0.29, 0.717) is 30.3 Å². The molecule has 0 spiro atoms. The minimum absolute atomic E-state index is 0.226. The first-order valence-electron chi connectivity index (χ1n) is 7.53. The van der Waals surface area contributed by atoms with Crippen LogP contribution in [0.3, 0.4) is 0 Å². The van der Waals surface area contributed by atoms with Crippen molar-refractivity contribution < 1.29 is 9.90 Å². The van der Waals surface area contributed by atoms with Gasteiger partial charge in [-0.1, -0.05) is 6.07 Å². The Morgan fingerprint density at radius 2 is 2.22 bits per heavy atom. The lowest BCUT2D eigenvalue weighted by Crippen LogP contribution is -2.48. The van der Waals surface area contributed by atoms with E-state index in [4.69, 9.17) is 5.73 Å². The third kappa shape index (κ3) is 2.90. The summed E-state index contributed by atoms with van der Waals surface area (Å²) < 4.78 is 1.25. The second-order valence-electron chi connectivity index (χ2n) is 5.49. The number of rotatable bonds is 4. The molecule has 0 radical (unpaired) electrons. The molecule has 2 heterocycles. The molecular weight excluding hydrogens is 298 g/mol. The molecule has 1 saturated heterocycles. The number of carbonyl (C=O) groups is 1. The highest BCUT2D eigenvalue weighted by atomic mass is 16.3. The molecule has 1 aliphatic rings. The van der Waals surface area contributed by atoms with E-state index in [9.17, 15) is 14.7 Å². The molecule has 5 N–H and O–H groups in total. The number of aliphatic hydroxyl groups excluding tert-OH is 1. The van der Waals surface area contributed by atoms with Crippen LogP contribution in [0.25, 0.3) is 10.8 Å². The molecule has 122 valence electrons. The average molecular weight is 317 g/mol. The molecule has 0 saturated carbocycles. The molecular formula is C15H19N5O3. The number of piperidine rings is 1. The topological polar surface area (TPSA) is 122 Å². The standard InChI is InChI=1S/C15H19N5O3/c16-6-7-17-11-3-1-2-9-10(11)8-18-20(15(9)23)12-4-5-13(21)19-14(12)22/h1-3,8,12,14,17,22H,4-7,16H2,(H,19,21). The zero-order valence-corrected chi connectivity index (χ0v) is 12.5. The van der Waals surface area contributed by atoms with Gasteiger partial charge in [-0.05, 0) is 18.6 Å². The van der Waals surface area contributed by atoms with E-state index in [2.05, 4.69) is 15.7 Å². The van der Waals surface area contributed by atoms with Crippen molar-refractivity contribution in [2.45, 2.75) is 25.1 Å².